The largest absolute Gasteiger partial charge is 0.496 e. The molecule has 1 aromatic carbocycles. The van der Waals surface area contributed by atoms with E-state index in [0.717, 1.165) is 0 Å². The smallest absolute Gasteiger partial charge is 0.243 e. The number of allylic oxidation sites excluding steroid dienone is 1. The van der Waals surface area contributed by atoms with Gasteiger partial charge in [0.05, 0.1) is 12.0 Å². The fraction of sp³-hybridized carbons (Fsp3) is 0.200. The van der Waals surface area contributed by atoms with Crippen molar-refractivity contribution in [1.82, 2.24) is 0 Å². The summed E-state index contributed by atoms with van der Waals surface area (Å²) in [5.74, 6) is 0.633. The molecule has 4 nitrogen and oxygen atoms in total. The molecule has 0 aliphatic heterocycles. The molecule has 0 atom stereocenters. The molecule has 0 bridgehead atoms. The minimum absolute atomic E-state index is 0.0921. The van der Waals surface area contributed by atoms with Crippen LogP contribution in [0.1, 0.15) is 12.5 Å². The molecule has 0 fully saturated rings. The van der Waals surface area contributed by atoms with Crippen molar-refractivity contribution in [1.29, 1.82) is 0 Å². The Labute approximate surface area is 82.0 Å². The van der Waals surface area contributed by atoms with Gasteiger partial charge in [0.1, 0.15) is 5.75 Å². The number of nitrogens with zero attached hydrogens (tertiary/aromatic N) is 1. The topological polar surface area (TPSA) is 52.4 Å². The predicted octanol–water partition coefficient (Wildman–Crippen LogP) is 2.33. The van der Waals surface area contributed by atoms with Crippen molar-refractivity contribution in [2.24, 2.45) is 0 Å². The van der Waals surface area contributed by atoms with E-state index >= 15 is 0 Å². The molecule has 0 saturated carbocycles. The van der Waals surface area contributed by atoms with Crippen LogP contribution < -0.4 is 4.74 Å². The molecule has 0 aromatic heterocycles. The molecule has 14 heavy (non-hydrogen) atoms. The average molecular weight is 193 g/mol. The Kier molecular flexibility index (Phi) is 3.23. The van der Waals surface area contributed by atoms with Gasteiger partial charge in [-0.25, -0.2) is 0 Å². The van der Waals surface area contributed by atoms with Crippen LogP contribution in [0, 0.1) is 10.1 Å². The number of para-hydroxylation sites is 1. The third-order valence-electron chi connectivity index (χ3n) is 1.79. The third kappa shape index (κ3) is 2.32. The summed E-state index contributed by atoms with van der Waals surface area (Å²) in [7, 11) is 1.54. The summed E-state index contributed by atoms with van der Waals surface area (Å²) in [6.07, 6.45) is 1.48. The van der Waals surface area contributed by atoms with E-state index in [1.165, 1.54) is 20.1 Å². The standard InChI is InChI=1S/C10H11NO3/c1-8(11(12)13)7-9-5-3-4-6-10(9)14-2/h3-7H,1-2H3. The molecule has 1 rings (SSSR count). The van der Waals surface area contributed by atoms with Crippen molar-refractivity contribution in [2.75, 3.05) is 7.11 Å². The first-order valence-corrected chi connectivity index (χ1v) is 4.11. The van der Waals surface area contributed by atoms with Crippen molar-refractivity contribution >= 4 is 6.08 Å². The summed E-state index contributed by atoms with van der Waals surface area (Å²) in [6.45, 7) is 1.45. The van der Waals surface area contributed by atoms with Crippen LogP contribution in [0.3, 0.4) is 0 Å². The van der Waals surface area contributed by atoms with Crippen molar-refractivity contribution in [2.45, 2.75) is 6.92 Å². The summed E-state index contributed by atoms with van der Waals surface area (Å²) >= 11 is 0. The van der Waals surface area contributed by atoms with E-state index in [-0.39, 0.29) is 5.70 Å². The highest BCUT2D eigenvalue weighted by molar-refractivity contribution is 5.58. The van der Waals surface area contributed by atoms with E-state index in [4.69, 9.17) is 4.74 Å². The van der Waals surface area contributed by atoms with Gasteiger partial charge < -0.3 is 4.74 Å². The Balaban J connectivity index is 3.07. The molecule has 0 spiro atoms. The number of hydrogen-bond acceptors (Lipinski definition) is 3. The first kappa shape index (κ1) is 10.2. The van der Waals surface area contributed by atoms with Crippen LogP contribution in [0.5, 0.6) is 5.75 Å². The van der Waals surface area contributed by atoms with Gasteiger partial charge in [0.25, 0.3) is 0 Å². The maximum Gasteiger partial charge on any atom is 0.243 e. The summed E-state index contributed by atoms with van der Waals surface area (Å²) in [4.78, 5) is 9.98. The zero-order chi connectivity index (χ0) is 10.6. The average Bonchev–Trinajstić information content (AvgIpc) is 2.18. The Bertz CT molecular complexity index is 371. The van der Waals surface area contributed by atoms with Crippen LogP contribution in [0.15, 0.2) is 30.0 Å². The van der Waals surface area contributed by atoms with Crippen LogP contribution in [-0.2, 0) is 0 Å². The SMILES string of the molecule is COc1ccccc1C=C(C)[N+](=O)[O-]. The number of nitro groups is 1. The monoisotopic (exact) mass is 193 g/mol. The van der Waals surface area contributed by atoms with E-state index in [0.29, 0.717) is 11.3 Å². The second-order valence-electron chi connectivity index (χ2n) is 2.78. The van der Waals surface area contributed by atoms with Crippen LogP contribution in [0.2, 0.25) is 0 Å². The molecule has 0 heterocycles. The fourth-order valence-corrected chi connectivity index (χ4v) is 1.06. The number of benzene rings is 1. The van der Waals surface area contributed by atoms with Crippen molar-refractivity contribution in [3.05, 3.63) is 45.6 Å². The van der Waals surface area contributed by atoms with Crippen molar-refractivity contribution < 1.29 is 9.66 Å². The van der Waals surface area contributed by atoms with Crippen LogP contribution in [0.25, 0.3) is 6.08 Å². The second-order valence-corrected chi connectivity index (χ2v) is 2.78. The summed E-state index contributed by atoms with van der Waals surface area (Å²) in [6, 6.07) is 7.16. The lowest BCUT2D eigenvalue weighted by Gasteiger charge is -2.02. The van der Waals surface area contributed by atoms with E-state index in [1.807, 2.05) is 12.1 Å². The van der Waals surface area contributed by atoms with Gasteiger partial charge in [0.15, 0.2) is 0 Å². The molecule has 0 saturated heterocycles. The number of rotatable bonds is 3. The number of methoxy groups -OCH3 is 1. The fourth-order valence-electron chi connectivity index (χ4n) is 1.06. The minimum Gasteiger partial charge on any atom is -0.496 e. The van der Waals surface area contributed by atoms with Crippen LogP contribution >= 0.6 is 0 Å². The quantitative estimate of drug-likeness (QED) is 0.546. The molecule has 74 valence electrons. The van der Waals surface area contributed by atoms with Gasteiger partial charge in [-0.1, -0.05) is 18.2 Å². The lowest BCUT2D eigenvalue weighted by molar-refractivity contribution is -0.422. The summed E-state index contributed by atoms with van der Waals surface area (Å²) < 4.78 is 5.06. The van der Waals surface area contributed by atoms with Gasteiger partial charge in [-0.2, -0.15) is 0 Å². The zero-order valence-corrected chi connectivity index (χ0v) is 8.06. The van der Waals surface area contributed by atoms with E-state index < -0.39 is 4.92 Å². The number of hydrogen-bond donors (Lipinski definition) is 0. The normalized spacial score (nSPS) is 11.1. The van der Waals surface area contributed by atoms with Gasteiger partial charge in [-0.15, -0.1) is 0 Å². The molecule has 0 amide bonds. The predicted molar refractivity (Wildman–Crippen MR) is 53.6 cm³/mol. The molecule has 0 aliphatic rings. The van der Waals surface area contributed by atoms with Gasteiger partial charge in [-0.3, -0.25) is 10.1 Å². The lowest BCUT2D eigenvalue weighted by atomic mass is 10.2. The maximum atomic E-state index is 10.4. The van der Waals surface area contributed by atoms with Crippen molar-refractivity contribution in [3.8, 4) is 5.75 Å². The van der Waals surface area contributed by atoms with Crippen molar-refractivity contribution in [3.63, 3.8) is 0 Å². The molecular weight excluding hydrogens is 182 g/mol. The summed E-state index contributed by atoms with van der Waals surface area (Å²) in [5, 5.41) is 10.4. The Morgan fingerprint density at radius 3 is 2.71 bits per heavy atom. The molecular formula is C10H11NO3. The molecule has 4 heteroatoms. The summed E-state index contributed by atoms with van der Waals surface area (Å²) in [5.41, 5.74) is 0.804. The molecule has 0 unspecified atom stereocenters. The third-order valence-corrected chi connectivity index (χ3v) is 1.79. The van der Waals surface area contributed by atoms with Crippen LogP contribution in [-0.4, -0.2) is 12.0 Å². The van der Waals surface area contributed by atoms with E-state index in [2.05, 4.69) is 0 Å². The van der Waals surface area contributed by atoms with Gasteiger partial charge in [0.2, 0.25) is 5.70 Å². The molecule has 1 aromatic rings. The van der Waals surface area contributed by atoms with E-state index in [1.54, 1.807) is 12.1 Å². The highest BCUT2D eigenvalue weighted by Crippen LogP contribution is 2.20. The molecule has 0 radical (unpaired) electrons. The molecule has 0 aliphatic carbocycles. The maximum absolute atomic E-state index is 10.4. The van der Waals surface area contributed by atoms with Crippen LogP contribution in [0.4, 0.5) is 0 Å². The first-order chi connectivity index (χ1) is 6.65. The molecule has 0 N–H and O–H groups in total. The highest BCUT2D eigenvalue weighted by atomic mass is 16.6. The van der Waals surface area contributed by atoms with E-state index in [9.17, 15) is 10.1 Å². The highest BCUT2D eigenvalue weighted by Gasteiger charge is 2.05. The second kappa shape index (κ2) is 4.41. The Morgan fingerprint density at radius 1 is 1.50 bits per heavy atom. The Morgan fingerprint density at radius 2 is 2.14 bits per heavy atom. The van der Waals surface area contributed by atoms with Gasteiger partial charge in [-0.05, 0) is 6.07 Å². The Hall–Kier alpha value is -1.84. The number of ether oxygens (including phenoxy) is 1. The van der Waals surface area contributed by atoms with Gasteiger partial charge in [0, 0.05) is 18.6 Å². The first-order valence-electron chi connectivity index (χ1n) is 4.11. The minimum atomic E-state index is -0.424. The lowest BCUT2D eigenvalue weighted by Crippen LogP contribution is -1.94. The zero-order valence-electron chi connectivity index (χ0n) is 8.06. The van der Waals surface area contributed by atoms with Gasteiger partial charge >= 0.3 is 0 Å².